The van der Waals surface area contributed by atoms with Gasteiger partial charge in [-0.1, -0.05) is 39.5 Å². The van der Waals surface area contributed by atoms with Crippen LogP contribution >= 0.6 is 0 Å². The molecule has 0 aromatic carbocycles. The molecule has 1 N–H and O–H groups in total. The molecule has 4 heteroatoms. The standard InChI is InChI=1S/C15H26N2O2/c1-3-5-12-15(19)17(10-9-11-7-8-11)13(6-4-2)14(18)16-12/h11-13H,3-10H2,1-2H3,(H,16,18). The number of carbonyl (C=O) groups is 2. The minimum atomic E-state index is -0.287. The molecule has 2 aliphatic rings. The maximum Gasteiger partial charge on any atom is 0.245 e. The molecule has 0 aromatic rings. The van der Waals surface area contributed by atoms with E-state index in [0.717, 1.165) is 44.6 Å². The Bertz CT molecular complexity index is 339. The average Bonchev–Trinajstić information content (AvgIpc) is 3.19. The van der Waals surface area contributed by atoms with Crippen LogP contribution in [0.4, 0.5) is 0 Å². The lowest BCUT2D eigenvalue weighted by Gasteiger charge is -2.39. The molecule has 2 unspecified atom stereocenters. The second kappa shape index (κ2) is 6.40. The molecule has 0 aromatic heterocycles. The summed E-state index contributed by atoms with van der Waals surface area (Å²) in [5, 5.41) is 2.91. The predicted molar refractivity (Wildman–Crippen MR) is 74.6 cm³/mol. The molecule has 19 heavy (non-hydrogen) atoms. The molecule has 2 fully saturated rings. The summed E-state index contributed by atoms with van der Waals surface area (Å²) in [5.41, 5.74) is 0. The number of amides is 2. The van der Waals surface area contributed by atoms with Crippen molar-refractivity contribution >= 4 is 11.8 Å². The molecule has 1 aliphatic carbocycles. The second-order valence-electron chi connectivity index (χ2n) is 5.92. The van der Waals surface area contributed by atoms with Crippen molar-refractivity contribution in [2.45, 2.75) is 70.9 Å². The molecule has 108 valence electrons. The zero-order valence-corrected chi connectivity index (χ0v) is 12.2. The van der Waals surface area contributed by atoms with Crippen LogP contribution in [0.3, 0.4) is 0 Å². The van der Waals surface area contributed by atoms with Gasteiger partial charge in [0.25, 0.3) is 0 Å². The molecule has 2 rings (SSSR count). The number of hydrogen-bond acceptors (Lipinski definition) is 2. The molecular formula is C15H26N2O2. The number of nitrogens with zero attached hydrogens (tertiary/aromatic N) is 1. The van der Waals surface area contributed by atoms with Gasteiger partial charge in [-0.2, -0.15) is 0 Å². The molecule has 2 atom stereocenters. The van der Waals surface area contributed by atoms with Crippen LogP contribution < -0.4 is 5.32 Å². The fourth-order valence-electron chi connectivity index (χ4n) is 2.86. The summed E-state index contributed by atoms with van der Waals surface area (Å²) in [6, 6.07) is -0.519. The van der Waals surface area contributed by atoms with E-state index < -0.39 is 0 Å². The molecule has 0 bridgehead atoms. The highest BCUT2D eigenvalue weighted by Crippen LogP contribution is 2.33. The van der Waals surface area contributed by atoms with E-state index in [1.807, 2.05) is 11.8 Å². The van der Waals surface area contributed by atoms with Crippen molar-refractivity contribution in [3.8, 4) is 0 Å². The highest BCUT2D eigenvalue weighted by Gasteiger charge is 2.39. The summed E-state index contributed by atoms with van der Waals surface area (Å²) in [5.74, 6) is 0.987. The van der Waals surface area contributed by atoms with Crippen molar-refractivity contribution < 1.29 is 9.59 Å². The van der Waals surface area contributed by atoms with E-state index in [4.69, 9.17) is 0 Å². The summed E-state index contributed by atoms with van der Waals surface area (Å²) in [7, 11) is 0. The Morgan fingerprint density at radius 3 is 2.37 bits per heavy atom. The van der Waals surface area contributed by atoms with Crippen molar-refractivity contribution in [2.24, 2.45) is 5.92 Å². The Morgan fingerprint density at radius 2 is 1.79 bits per heavy atom. The maximum atomic E-state index is 12.5. The molecule has 1 saturated heterocycles. The number of nitrogens with one attached hydrogen (secondary N) is 1. The summed E-state index contributed by atoms with van der Waals surface area (Å²) in [4.78, 5) is 26.5. The van der Waals surface area contributed by atoms with Gasteiger partial charge in [-0.05, 0) is 25.2 Å². The highest BCUT2D eigenvalue weighted by molar-refractivity contribution is 5.96. The van der Waals surface area contributed by atoms with Gasteiger partial charge in [0.15, 0.2) is 0 Å². The highest BCUT2D eigenvalue weighted by atomic mass is 16.2. The zero-order chi connectivity index (χ0) is 13.8. The Labute approximate surface area is 115 Å². The van der Waals surface area contributed by atoms with E-state index in [0.29, 0.717) is 0 Å². The molecule has 1 saturated carbocycles. The van der Waals surface area contributed by atoms with Crippen LogP contribution in [0.25, 0.3) is 0 Å². The quantitative estimate of drug-likeness (QED) is 0.767. The molecule has 1 heterocycles. The van der Waals surface area contributed by atoms with Gasteiger partial charge in [-0.15, -0.1) is 0 Å². The lowest BCUT2D eigenvalue weighted by Crippen LogP contribution is -2.63. The fraction of sp³-hybridized carbons (Fsp3) is 0.867. The van der Waals surface area contributed by atoms with Crippen LogP contribution in [-0.2, 0) is 9.59 Å². The first kappa shape index (κ1) is 14.4. The fourth-order valence-corrected chi connectivity index (χ4v) is 2.86. The minimum absolute atomic E-state index is 0.0516. The lowest BCUT2D eigenvalue weighted by atomic mass is 10.00. The van der Waals surface area contributed by atoms with Gasteiger partial charge in [0.1, 0.15) is 12.1 Å². The summed E-state index contributed by atoms with van der Waals surface area (Å²) >= 11 is 0. The first-order valence-electron chi connectivity index (χ1n) is 7.78. The predicted octanol–water partition coefficient (Wildman–Crippen LogP) is 2.08. The van der Waals surface area contributed by atoms with Crippen LogP contribution in [0.2, 0.25) is 0 Å². The summed E-state index contributed by atoms with van der Waals surface area (Å²) < 4.78 is 0. The van der Waals surface area contributed by atoms with Gasteiger partial charge in [0, 0.05) is 6.54 Å². The van der Waals surface area contributed by atoms with Gasteiger partial charge in [-0.3, -0.25) is 9.59 Å². The monoisotopic (exact) mass is 266 g/mol. The third-order valence-electron chi connectivity index (χ3n) is 4.19. The molecular weight excluding hydrogens is 240 g/mol. The van der Waals surface area contributed by atoms with Gasteiger partial charge < -0.3 is 10.2 Å². The van der Waals surface area contributed by atoms with E-state index >= 15 is 0 Å². The Morgan fingerprint density at radius 1 is 1.11 bits per heavy atom. The van der Waals surface area contributed by atoms with Crippen molar-refractivity contribution in [3.05, 3.63) is 0 Å². The molecule has 4 nitrogen and oxygen atoms in total. The van der Waals surface area contributed by atoms with E-state index in [-0.39, 0.29) is 23.9 Å². The van der Waals surface area contributed by atoms with E-state index in [9.17, 15) is 9.59 Å². The van der Waals surface area contributed by atoms with Crippen LogP contribution in [0, 0.1) is 5.92 Å². The first-order chi connectivity index (χ1) is 9.17. The van der Waals surface area contributed by atoms with Gasteiger partial charge >= 0.3 is 0 Å². The number of piperazine rings is 1. The Hall–Kier alpha value is -1.06. The normalized spacial score (nSPS) is 27.6. The smallest absolute Gasteiger partial charge is 0.245 e. The third-order valence-corrected chi connectivity index (χ3v) is 4.19. The largest absolute Gasteiger partial charge is 0.343 e. The van der Waals surface area contributed by atoms with Gasteiger partial charge in [-0.25, -0.2) is 0 Å². The number of carbonyl (C=O) groups excluding carboxylic acids is 2. The maximum absolute atomic E-state index is 12.5. The first-order valence-corrected chi connectivity index (χ1v) is 7.78. The molecule has 2 amide bonds. The van der Waals surface area contributed by atoms with Crippen LogP contribution in [0.1, 0.15) is 58.8 Å². The molecule has 0 spiro atoms. The average molecular weight is 266 g/mol. The van der Waals surface area contributed by atoms with E-state index in [1.54, 1.807) is 0 Å². The topological polar surface area (TPSA) is 49.4 Å². The number of hydrogen-bond donors (Lipinski definition) is 1. The van der Waals surface area contributed by atoms with Crippen LogP contribution in [0.5, 0.6) is 0 Å². The van der Waals surface area contributed by atoms with E-state index in [1.165, 1.54) is 12.8 Å². The van der Waals surface area contributed by atoms with Crippen molar-refractivity contribution in [2.75, 3.05) is 6.54 Å². The van der Waals surface area contributed by atoms with Crippen LogP contribution in [-0.4, -0.2) is 35.3 Å². The Kier molecular flexibility index (Phi) is 4.83. The van der Waals surface area contributed by atoms with Gasteiger partial charge in [0.05, 0.1) is 0 Å². The van der Waals surface area contributed by atoms with Crippen molar-refractivity contribution in [1.29, 1.82) is 0 Å². The summed E-state index contributed by atoms with van der Waals surface area (Å²) in [6.07, 6.45) is 7.05. The van der Waals surface area contributed by atoms with E-state index in [2.05, 4.69) is 12.2 Å². The van der Waals surface area contributed by atoms with Crippen molar-refractivity contribution in [3.63, 3.8) is 0 Å². The van der Waals surface area contributed by atoms with Crippen LogP contribution in [0.15, 0.2) is 0 Å². The summed E-state index contributed by atoms with van der Waals surface area (Å²) in [6.45, 7) is 4.88. The molecule has 0 radical (unpaired) electrons. The van der Waals surface area contributed by atoms with Crippen molar-refractivity contribution in [1.82, 2.24) is 10.2 Å². The Balaban J connectivity index is 2.03. The molecule has 1 aliphatic heterocycles. The zero-order valence-electron chi connectivity index (χ0n) is 12.2. The number of rotatable bonds is 7. The third kappa shape index (κ3) is 3.48. The lowest BCUT2D eigenvalue weighted by molar-refractivity contribution is -0.150. The SMILES string of the molecule is CCCC1NC(=O)C(CCC)N(CCC2CC2)C1=O. The minimum Gasteiger partial charge on any atom is -0.343 e. The van der Waals surface area contributed by atoms with Gasteiger partial charge in [0.2, 0.25) is 11.8 Å². The second-order valence-corrected chi connectivity index (χ2v) is 5.92.